The number of methoxy groups -OCH3 is 1. The zero-order valence-electron chi connectivity index (χ0n) is 19.9. The molecular formula is C28H21FN4O4. The molecule has 5 aromatic rings. The van der Waals surface area contributed by atoms with Crippen molar-refractivity contribution in [3.8, 4) is 28.4 Å². The molecule has 37 heavy (non-hydrogen) atoms. The van der Waals surface area contributed by atoms with Gasteiger partial charge in [0, 0.05) is 41.5 Å². The second-order valence-electron chi connectivity index (χ2n) is 8.17. The van der Waals surface area contributed by atoms with E-state index in [-0.39, 0.29) is 5.56 Å². The molecule has 0 fully saturated rings. The van der Waals surface area contributed by atoms with Crippen molar-refractivity contribution in [3.63, 3.8) is 0 Å². The summed E-state index contributed by atoms with van der Waals surface area (Å²) in [6.07, 6.45) is 4.57. The number of aryl methyl sites for hydroxylation is 1. The summed E-state index contributed by atoms with van der Waals surface area (Å²) in [5.41, 5.74) is 2.58. The first-order valence-electron chi connectivity index (χ1n) is 11.3. The van der Waals surface area contributed by atoms with Crippen LogP contribution in [0.3, 0.4) is 0 Å². The number of hydrogen-bond acceptors (Lipinski definition) is 6. The molecule has 0 aliphatic heterocycles. The van der Waals surface area contributed by atoms with Crippen molar-refractivity contribution < 1.29 is 18.7 Å². The fourth-order valence-electron chi connectivity index (χ4n) is 3.87. The highest BCUT2D eigenvalue weighted by Crippen LogP contribution is 2.29. The molecule has 0 saturated carbocycles. The van der Waals surface area contributed by atoms with Crippen LogP contribution in [0.15, 0.2) is 84.0 Å². The predicted molar refractivity (Wildman–Crippen MR) is 138 cm³/mol. The lowest BCUT2D eigenvalue weighted by molar-refractivity contribution is 0.102. The van der Waals surface area contributed by atoms with Crippen LogP contribution in [0, 0.1) is 12.7 Å². The van der Waals surface area contributed by atoms with Crippen molar-refractivity contribution in [2.45, 2.75) is 6.92 Å². The van der Waals surface area contributed by atoms with E-state index in [1.165, 1.54) is 30.5 Å². The first-order valence-corrected chi connectivity index (χ1v) is 11.3. The summed E-state index contributed by atoms with van der Waals surface area (Å²) in [7, 11) is 1.56. The predicted octanol–water partition coefficient (Wildman–Crippen LogP) is 5.49. The van der Waals surface area contributed by atoms with Crippen LogP contribution in [-0.4, -0.2) is 28.0 Å². The van der Waals surface area contributed by atoms with Crippen LogP contribution in [0.4, 0.5) is 10.1 Å². The van der Waals surface area contributed by atoms with Gasteiger partial charge < -0.3 is 19.8 Å². The minimum absolute atomic E-state index is 0.0602. The molecule has 0 atom stereocenters. The van der Waals surface area contributed by atoms with E-state index in [9.17, 15) is 14.0 Å². The van der Waals surface area contributed by atoms with Gasteiger partial charge in [-0.25, -0.2) is 9.37 Å². The lowest BCUT2D eigenvalue weighted by Gasteiger charge is -2.11. The maximum atomic E-state index is 13.3. The molecule has 5 rings (SSSR count). The van der Waals surface area contributed by atoms with Gasteiger partial charge in [-0.2, -0.15) is 0 Å². The molecule has 0 radical (unpaired) electrons. The van der Waals surface area contributed by atoms with Crippen LogP contribution >= 0.6 is 0 Å². The average Bonchev–Trinajstić information content (AvgIpc) is 2.90. The van der Waals surface area contributed by atoms with Gasteiger partial charge in [0.15, 0.2) is 5.75 Å². The third kappa shape index (κ3) is 4.87. The van der Waals surface area contributed by atoms with Gasteiger partial charge in [-0.05, 0) is 48.9 Å². The molecule has 0 aliphatic rings. The number of fused-ring (bicyclic) bond motifs is 1. The Kier molecular flexibility index (Phi) is 6.34. The van der Waals surface area contributed by atoms with Gasteiger partial charge in [-0.3, -0.25) is 14.6 Å². The molecule has 0 aliphatic carbocycles. The van der Waals surface area contributed by atoms with E-state index in [4.69, 9.17) is 9.47 Å². The zero-order valence-corrected chi connectivity index (χ0v) is 19.9. The lowest BCUT2D eigenvalue weighted by atomic mass is 10.0. The Bertz CT molecular complexity index is 1670. The first-order chi connectivity index (χ1) is 17.9. The van der Waals surface area contributed by atoms with E-state index in [1.54, 1.807) is 62.8 Å². The smallest absolute Gasteiger partial charge is 0.261 e. The number of ether oxygens (including phenoxy) is 2. The van der Waals surface area contributed by atoms with Gasteiger partial charge in [0.25, 0.3) is 5.91 Å². The summed E-state index contributed by atoms with van der Waals surface area (Å²) in [6, 6.07) is 15.7. The molecule has 2 N–H and O–H groups in total. The third-order valence-corrected chi connectivity index (χ3v) is 5.75. The van der Waals surface area contributed by atoms with Gasteiger partial charge in [-0.1, -0.05) is 12.1 Å². The largest absolute Gasteiger partial charge is 0.495 e. The maximum absolute atomic E-state index is 13.3. The number of H-pyrrole nitrogens is 1. The summed E-state index contributed by atoms with van der Waals surface area (Å²) in [5.74, 6) is 0.651. The number of rotatable bonds is 6. The maximum Gasteiger partial charge on any atom is 0.261 e. The summed E-state index contributed by atoms with van der Waals surface area (Å²) in [5, 5.41) is 2.73. The van der Waals surface area contributed by atoms with Crippen LogP contribution in [0.2, 0.25) is 0 Å². The number of anilines is 1. The SMILES string of the molecule is COc1cnc2c(Oc3ccc(NC(=O)c4c[nH]c(C)c(-c5ccc(F)cc5)c4=O)cc3)ccnc2c1. The number of aromatic amines is 1. The number of nitrogens with one attached hydrogen (secondary N) is 2. The van der Waals surface area contributed by atoms with E-state index in [1.807, 2.05) is 0 Å². The van der Waals surface area contributed by atoms with E-state index in [2.05, 4.69) is 20.3 Å². The van der Waals surface area contributed by atoms with Crippen molar-refractivity contribution in [2.24, 2.45) is 0 Å². The molecule has 3 heterocycles. The van der Waals surface area contributed by atoms with Gasteiger partial charge in [0.1, 0.15) is 28.4 Å². The average molecular weight is 496 g/mol. The van der Waals surface area contributed by atoms with Gasteiger partial charge >= 0.3 is 0 Å². The summed E-state index contributed by atoms with van der Waals surface area (Å²) in [4.78, 5) is 37.6. The Balaban J connectivity index is 1.35. The Labute approximate surface area is 210 Å². The highest BCUT2D eigenvalue weighted by Gasteiger charge is 2.17. The van der Waals surface area contributed by atoms with E-state index >= 15 is 0 Å². The monoisotopic (exact) mass is 496 g/mol. The molecule has 184 valence electrons. The molecule has 8 nitrogen and oxygen atoms in total. The molecule has 9 heteroatoms. The molecule has 0 spiro atoms. The fraction of sp³-hybridized carbons (Fsp3) is 0.0714. The topological polar surface area (TPSA) is 106 Å². The molecule has 0 saturated heterocycles. The summed E-state index contributed by atoms with van der Waals surface area (Å²) in [6.45, 7) is 1.72. The minimum Gasteiger partial charge on any atom is -0.495 e. The Morgan fingerprint density at radius 2 is 1.76 bits per heavy atom. The molecule has 1 amide bonds. The van der Waals surface area contributed by atoms with Crippen LogP contribution < -0.4 is 20.2 Å². The van der Waals surface area contributed by atoms with Gasteiger partial charge in [0.2, 0.25) is 5.43 Å². The molecule has 3 aromatic heterocycles. The van der Waals surface area contributed by atoms with Crippen LogP contribution in [0.1, 0.15) is 16.1 Å². The minimum atomic E-state index is -0.573. The van der Waals surface area contributed by atoms with Crippen molar-refractivity contribution in [1.29, 1.82) is 0 Å². The number of amides is 1. The van der Waals surface area contributed by atoms with Crippen LogP contribution in [-0.2, 0) is 0 Å². The first kappa shape index (κ1) is 23.7. The highest BCUT2D eigenvalue weighted by molar-refractivity contribution is 6.04. The van der Waals surface area contributed by atoms with Crippen LogP contribution in [0.25, 0.3) is 22.2 Å². The molecular weight excluding hydrogens is 475 g/mol. The normalized spacial score (nSPS) is 10.8. The lowest BCUT2D eigenvalue weighted by Crippen LogP contribution is -2.23. The Morgan fingerprint density at radius 1 is 1.00 bits per heavy atom. The Morgan fingerprint density at radius 3 is 2.49 bits per heavy atom. The van der Waals surface area contributed by atoms with Crippen molar-refractivity contribution in [3.05, 3.63) is 107 Å². The number of carbonyl (C=O) groups excluding carboxylic acids is 1. The number of pyridine rings is 3. The summed E-state index contributed by atoms with van der Waals surface area (Å²) < 4.78 is 24.5. The van der Waals surface area contributed by atoms with Crippen molar-refractivity contribution in [2.75, 3.05) is 12.4 Å². The van der Waals surface area contributed by atoms with Crippen LogP contribution in [0.5, 0.6) is 17.2 Å². The molecule has 2 aromatic carbocycles. The van der Waals surface area contributed by atoms with Crippen molar-refractivity contribution >= 4 is 22.6 Å². The number of benzene rings is 2. The standard InChI is InChI=1S/C28H21FN4O4/c1-16-25(17-3-5-18(29)6-4-17)27(34)22(15-31-16)28(35)33-19-7-9-20(10-8-19)37-24-11-12-30-23-13-21(36-2)14-32-26(23)24/h3-15H,1-2H3,(H,31,34)(H,33,35). The van der Waals surface area contributed by atoms with E-state index in [0.717, 1.165) is 0 Å². The molecule has 0 bridgehead atoms. The number of halogens is 1. The number of aromatic nitrogens is 3. The number of hydrogen-bond donors (Lipinski definition) is 2. The quantitative estimate of drug-likeness (QED) is 0.322. The van der Waals surface area contributed by atoms with E-state index < -0.39 is 17.2 Å². The Hall–Kier alpha value is -5.05. The second kappa shape index (κ2) is 9.90. The van der Waals surface area contributed by atoms with Gasteiger partial charge in [-0.15, -0.1) is 0 Å². The number of carbonyl (C=O) groups is 1. The third-order valence-electron chi connectivity index (χ3n) is 5.75. The second-order valence-corrected chi connectivity index (χ2v) is 8.17. The summed E-state index contributed by atoms with van der Waals surface area (Å²) >= 11 is 0. The van der Waals surface area contributed by atoms with Crippen molar-refractivity contribution in [1.82, 2.24) is 15.0 Å². The van der Waals surface area contributed by atoms with E-state index in [0.29, 0.717) is 50.8 Å². The number of nitrogens with zero attached hydrogens (tertiary/aromatic N) is 2. The highest BCUT2D eigenvalue weighted by atomic mass is 19.1. The fourth-order valence-corrected chi connectivity index (χ4v) is 3.87. The zero-order chi connectivity index (χ0) is 25.9. The van der Waals surface area contributed by atoms with Gasteiger partial charge in [0.05, 0.1) is 18.8 Å². The molecule has 0 unspecified atom stereocenters.